The highest BCUT2D eigenvalue weighted by Crippen LogP contribution is 2.29. The summed E-state index contributed by atoms with van der Waals surface area (Å²) in [6, 6.07) is 4.37. The average molecular weight is 337 g/mol. The first-order valence-corrected chi connectivity index (χ1v) is 8.12. The third-order valence-corrected chi connectivity index (χ3v) is 4.13. The number of benzene rings is 1. The Balaban J connectivity index is 2.38. The monoisotopic (exact) mass is 336 g/mol. The minimum Gasteiger partial charge on any atom is -0.357 e. The molecule has 23 heavy (non-hydrogen) atoms. The van der Waals surface area contributed by atoms with Crippen LogP contribution in [0.15, 0.2) is 36.4 Å². The topological polar surface area (TPSA) is 32.3 Å². The number of nitrogens with one attached hydrogen (secondary N) is 1. The molecule has 124 valence electrons. The van der Waals surface area contributed by atoms with Crippen LogP contribution in [0.1, 0.15) is 25.8 Å². The predicted octanol–water partition coefficient (Wildman–Crippen LogP) is 3.85. The van der Waals surface area contributed by atoms with Gasteiger partial charge in [-0.3, -0.25) is 4.79 Å². The van der Waals surface area contributed by atoms with E-state index in [-0.39, 0.29) is 17.0 Å². The summed E-state index contributed by atoms with van der Waals surface area (Å²) in [6.07, 6.45) is 6.62. The smallest absolute Gasteiger partial charge is 0.242 e. The highest BCUT2D eigenvalue weighted by Gasteiger charge is 2.28. The zero-order chi connectivity index (χ0) is 17.0. The van der Waals surface area contributed by atoms with E-state index in [1.165, 1.54) is 6.07 Å². The molecule has 0 radical (unpaired) electrons. The van der Waals surface area contributed by atoms with E-state index in [9.17, 15) is 9.18 Å². The molecule has 1 aliphatic heterocycles. The van der Waals surface area contributed by atoms with Gasteiger partial charge in [-0.25, -0.2) is 4.39 Å². The zero-order valence-corrected chi connectivity index (χ0v) is 14.4. The molecule has 0 saturated carbocycles. The molecule has 1 amide bonds. The number of likely N-dealkylation sites (N-methyl/N-ethyl adjacent to an activating group) is 1. The molecule has 0 saturated heterocycles. The van der Waals surface area contributed by atoms with E-state index in [2.05, 4.69) is 19.2 Å². The molecule has 1 N–H and O–H groups in total. The van der Waals surface area contributed by atoms with Crippen molar-refractivity contribution in [1.29, 1.82) is 0 Å². The van der Waals surface area contributed by atoms with Gasteiger partial charge < -0.3 is 10.2 Å². The molecule has 1 atom stereocenters. The second-order valence-corrected chi connectivity index (χ2v) is 6.43. The minimum atomic E-state index is -0.445. The Morgan fingerprint density at radius 2 is 2.17 bits per heavy atom. The molecule has 1 aromatic carbocycles. The van der Waals surface area contributed by atoms with Crippen molar-refractivity contribution in [1.82, 2.24) is 10.2 Å². The van der Waals surface area contributed by atoms with Crippen molar-refractivity contribution in [2.75, 3.05) is 13.6 Å². The highest BCUT2D eigenvalue weighted by atomic mass is 35.5. The maximum Gasteiger partial charge on any atom is 0.242 e. The number of halogens is 2. The van der Waals surface area contributed by atoms with Crippen molar-refractivity contribution in [2.45, 2.75) is 26.3 Å². The van der Waals surface area contributed by atoms with Crippen molar-refractivity contribution >= 4 is 23.2 Å². The molecule has 1 heterocycles. The van der Waals surface area contributed by atoms with E-state index >= 15 is 0 Å². The van der Waals surface area contributed by atoms with Crippen LogP contribution in [0.3, 0.4) is 0 Å². The Morgan fingerprint density at radius 3 is 2.78 bits per heavy atom. The lowest BCUT2D eigenvalue weighted by molar-refractivity contribution is -0.125. The van der Waals surface area contributed by atoms with Gasteiger partial charge in [0.2, 0.25) is 5.91 Å². The molecule has 0 fully saturated rings. The summed E-state index contributed by atoms with van der Waals surface area (Å²) in [5.41, 5.74) is 1.68. The van der Waals surface area contributed by atoms with Gasteiger partial charge in [0.15, 0.2) is 0 Å². The number of allylic oxidation sites excluding steroid dienone is 2. The highest BCUT2D eigenvalue weighted by molar-refractivity contribution is 6.30. The van der Waals surface area contributed by atoms with E-state index < -0.39 is 5.82 Å². The largest absolute Gasteiger partial charge is 0.357 e. The number of amides is 1. The van der Waals surface area contributed by atoms with E-state index in [1.807, 2.05) is 23.1 Å². The summed E-state index contributed by atoms with van der Waals surface area (Å²) in [4.78, 5) is 14.4. The first kappa shape index (κ1) is 17.5. The van der Waals surface area contributed by atoms with E-state index in [0.717, 1.165) is 17.7 Å². The van der Waals surface area contributed by atoms with Crippen molar-refractivity contribution in [3.05, 3.63) is 52.8 Å². The van der Waals surface area contributed by atoms with E-state index in [0.29, 0.717) is 12.5 Å². The van der Waals surface area contributed by atoms with E-state index in [4.69, 9.17) is 11.6 Å². The van der Waals surface area contributed by atoms with Crippen LogP contribution < -0.4 is 5.32 Å². The van der Waals surface area contributed by atoms with Crippen LogP contribution in [0.5, 0.6) is 0 Å². The summed E-state index contributed by atoms with van der Waals surface area (Å²) >= 11 is 5.92. The second-order valence-electron chi connectivity index (χ2n) is 6.02. The van der Waals surface area contributed by atoms with Crippen LogP contribution in [-0.2, 0) is 4.79 Å². The van der Waals surface area contributed by atoms with E-state index in [1.54, 1.807) is 19.2 Å². The maximum absolute atomic E-state index is 13.4. The summed E-state index contributed by atoms with van der Waals surface area (Å²) < 4.78 is 13.4. The molecule has 0 aliphatic carbocycles. The van der Waals surface area contributed by atoms with Gasteiger partial charge in [-0.1, -0.05) is 37.6 Å². The SMILES string of the molecule is CNC(=O)[C@H](CC(C)C)N1CC=CC=C1c1ccc(F)c(Cl)c1. The Bertz CT molecular complexity index is 640. The Hall–Kier alpha value is -1.81. The summed E-state index contributed by atoms with van der Waals surface area (Å²) in [7, 11) is 1.65. The van der Waals surface area contributed by atoms with Gasteiger partial charge in [0, 0.05) is 19.3 Å². The predicted molar refractivity (Wildman–Crippen MR) is 92.5 cm³/mol. The third kappa shape index (κ3) is 4.14. The fraction of sp³-hybridized carbons (Fsp3) is 0.389. The molecule has 3 nitrogen and oxygen atoms in total. The normalized spacial score (nSPS) is 15.6. The van der Waals surface area contributed by atoms with Crippen LogP contribution in [0.25, 0.3) is 5.70 Å². The lowest BCUT2D eigenvalue weighted by Gasteiger charge is -2.36. The molecule has 1 aliphatic rings. The van der Waals surface area contributed by atoms with Gasteiger partial charge in [-0.2, -0.15) is 0 Å². The van der Waals surface area contributed by atoms with Crippen LogP contribution in [0, 0.1) is 11.7 Å². The Labute approximate surface area is 141 Å². The number of rotatable bonds is 5. The fourth-order valence-corrected chi connectivity index (χ4v) is 2.91. The lowest BCUT2D eigenvalue weighted by Crippen LogP contribution is -2.46. The van der Waals surface area contributed by atoms with Gasteiger partial charge in [-0.15, -0.1) is 0 Å². The molecule has 5 heteroatoms. The van der Waals surface area contributed by atoms with Crippen molar-refractivity contribution in [3.8, 4) is 0 Å². The Morgan fingerprint density at radius 1 is 1.43 bits per heavy atom. The zero-order valence-electron chi connectivity index (χ0n) is 13.6. The number of hydrogen-bond acceptors (Lipinski definition) is 2. The van der Waals surface area contributed by atoms with Crippen LogP contribution >= 0.6 is 11.6 Å². The molecule has 2 rings (SSSR count). The second kappa shape index (κ2) is 7.64. The number of carbonyl (C=O) groups is 1. The van der Waals surface area contributed by atoms with Gasteiger partial charge in [-0.05, 0) is 42.2 Å². The molecular weight excluding hydrogens is 315 g/mol. The maximum atomic E-state index is 13.4. The first-order valence-electron chi connectivity index (χ1n) is 7.74. The van der Waals surface area contributed by atoms with Crippen molar-refractivity contribution < 1.29 is 9.18 Å². The summed E-state index contributed by atoms with van der Waals surface area (Å²) in [5.74, 6) is -0.0895. The molecule has 0 bridgehead atoms. The number of hydrogen-bond donors (Lipinski definition) is 1. The van der Waals surface area contributed by atoms with Crippen molar-refractivity contribution in [3.63, 3.8) is 0 Å². The molecule has 1 aromatic rings. The van der Waals surface area contributed by atoms with Crippen LogP contribution in [-0.4, -0.2) is 30.4 Å². The summed E-state index contributed by atoms with van der Waals surface area (Å²) in [6.45, 7) is 4.81. The standard InChI is InChI=1S/C18H22ClFN2O/c1-12(2)10-17(18(23)21-3)22-9-5-4-6-16(22)13-7-8-15(20)14(19)11-13/h4-8,11-12,17H,9-10H2,1-3H3,(H,21,23)/t17-/m0/s1. The molecule has 0 spiro atoms. The Kier molecular flexibility index (Phi) is 5.83. The third-order valence-electron chi connectivity index (χ3n) is 3.84. The van der Waals surface area contributed by atoms with Crippen LogP contribution in [0.2, 0.25) is 5.02 Å². The number of carbonyl (C=O) groups excluding carboxylic acids is 1. The summed E-state index contributed by atoms with van der Waals surface area (Å²) in [5, 5.41) is 2.82. The quantitative estimate of drug-likeness (QED) is 0.885. The molecule has 0 aromatic heterocycles. The number of nitrogens with zero attached hydrogens (tertiary/aromatic N) is 1. The lowest BCUT2D eigenvalue weighted by atomic mass is 9.98. The van der Waals surface area contributed by atoms with Gasteiger partial charge >= 0.3 is 0 Å². The van der Waals surface area contributed by atoms with Crippen molar-refractivity contribution in [2.24, 2.45) is 5.92 Å². The fourth-order valence-electron chi connectivity index (χ4n) is 2.73. The van der Waals surface area contributed by atoms with Gasteiger partial charge in [0.25, 0.3) is 0 Å². The first-order chi connectivity index (χ1) is 10.9. The average Bonchev–Trinajstić information content (AvgIpc) is 2.54. The molecule has 0 unspecified atom stereocenters. The van der Waals surface area contributed by atoms with Gasteiger partial charge in [0.05, 0.1) is 5.02 Å². The molecular formula is C18H22ClFN2O. The minimum absolute atomic E-state index is 0.0203. The van der Waals surface area contributed by atoms with Gasteiger partial charge in [0.1, 0.15) is 11.9 Å². The van der Waals surface area contributed by atoms with Crippen LogP contribution in [0.4, 0.5) is 4.39 Å².